The molecular formula is C20H23N3O2. The molecule has 2 aromatic carbocycles. The van der Waals surface area contributed by atoms with Crippen molar-refractivity contribution in [3.8, 4) is 5.75 Å². The number of H-pyrrole nitrogens is 1. The number of nitrogens with one attached hydrogen (secondary N) is 3. The molecule has 3 rings (SSSR count). The lowest BCUT2D eigenvalue weighted by atomic mass is 10.1. The zero-order valence-electron chi connectivity index (χ0n) is 14.3. The number of carbonyl (C=O) groups excluding carboxylic acids is 1. The first kappa shape index (κ1) is 16.9. The number of ether oxygens (including phenoxy) is 1. The van der Waals surface area contributed by atoms with Gasteiger partial charge < -0.3 is 20.4 Å². The molecule has 3 aromatic rings. The number of hydrogen-bond acceptors (Lipinski definition) is 2. The number of methoxy groups -OCH3 is 1. The minimum atomic E-state index is -0.130. The van der Waals surface area contributed by atoms with E-state index in [0.717, 1.165) is 24.1 Å². The lowest BCUT2D eigenvalue weighted by Gasteiger charge is -2.08. The van der Waals surface area contributed by atoms with E-state index in [9.17, 15) is 4.79 Å². The Morgan fingerprint density at radius 2 is 1.64 bits per heavy atom. The van der Waals surface area contributed by atoms with Gasteiger partial charge in [-0.1, -0.05) is 24.3 Å². The summed E-state index contributed by atoms with van der Waals surface area (Å²) in [4.78, 5) is 15.0. The standard InChI is InChI=1S/C20H23N3O2/c1-25-18-6-3-15(4-7-18)8-11-22-20(24)23-12-9-16-2-5-17-10-13-21-19(17)14-16/h2-7,10,13-14,21H,8-9,11-12H2,1H3,(H2,22,23,24). The van der Waals surface area contributed by atoms with Crippen molar-refractivity contribution in [1.82, 2.24) is 15.6 Å². The number of hydrogen-bond donors (Lipinski definition) is 3. The molecule has 0 saturated carbocycles. The van der Waals surface area contributed by atoms with Gasteiger partial charge in [0.1, 0.15) is 5.75 Å². The van der Waals surface area contributed by atoms with Gasteiger partial charge in [0, 0.05) is 24.8 Å². The average Bonchev–Trinajstić information content (AvgIpc) is 3.10. The fraction of sp³-hybridized carbons (Fsp3) is 0.250. The predicted octanol–water partition coefficient (Wildman–Crippen LogP) is 3.26. The van der Waals surface area contributed by atoms with Crippen molar-refractivity contribution in [2.24, 2.45) is 0 Å². The van der Waals surface area contributed by atoms with Crippen LogP contribution in [0, 0.1) is 0 Å². The fourth-order valence-corrected chi connectivity index (χ4v) is 2.75. The molecule has 0 radical (unpaired) electrons. The van der Waals surface area contributed by atoms with Crippen molar-refractivity contribution in [1.29, 1.82) is 0 Å². The maximum Gasteiger partial charge on any atom is 0.314 e. The van der Waals surface area contributed by atoms with Crippen LogP contribution in [0.1, 0.15) is 11.1 Å². The van der Waals surface area contributed by atoms with Crippen LogP contribution in [0.5, 0.6) is 5.75 Å². The van der Waals surface area contributed by atoms with Crippen molar-refractivity contribution in [3.05, 3.63) is 65.9 Å². The molecular weight excluding hydrogens is 314 g/mol. The van der Waals surface area contributed by atoms with Crippen LogP contribution in [0.4, 0.5) is 4.79 Å². The SMILES string of the molecule is COc1ccc(CCNC(=O)NCCc2ccc3cc[nH]c3c2)cc1. The van der Waals surface area contributed by atoms with Gasteiger partial charge in [-0.3, -0.25) is 0 Å². The third-order valence-electron chi connectivity index (χ3n) is 4.18. The number of benzene rings is 2. The van der Waals surface area contributed by atoms with Gasteiger partial charge in [-0.25, -0.2) is 4.79 Å². The first-order chi connectivity index (χ1) is 12.2. The summed E-state index contributed by atoms with van der Waals surface area (Å²) in [6.45, 7) is 1.22. The molecule has 5 nitrogen and oxygen atoms in total. The quantitative estimate of drug-likeness (QED) is 0.619. The number of aromatic nitrogens is 1. The highest BCUT2D eigenvalue weighted by Crippen LogP contribution is 2.14. The topological polar surface area (TPSA) is 66.2 Å². The van der Waals surface area contributed by atoms with Crippen LogP contribution in [0.15, 0.2) is 54.7 Å². The highest BCUT2D eigenvalue weighted by molar-refractivity contribution is 5.79. The molecule has 0 unspecified atom stereocenters. The number of amides is 2. The molecule has 2 amide bonds. The van der Waals surface area contributed by atoms with Crippen molar-refractivity contribution >= 4 is 16.9 Å². The summed E-state index contributed by atoms with van der Waals surface area (Å²) in [5.74, 6) is 0.840. The van der Waals surface area contributed by atoms with E-state index >= 15 is 0 Å². The van der Waals surface area contributed by atoms with Crippen LogP contribution in [0.25, 0.3) is 10.9 Å². The molecule has 0 aliphatic heterocycles. The van der Waals surface area contributed by atoms with Crippen molar-refractivity contribution in [2.75, 3.05) is 20.2 Å². The largest absolute Gasteiger partial charge is 0.497 e. The Morgan fingerprint density at radius 1 is 0.960 bits per heavy atom. The lowest BCUT2D eigenvalue weighted by molar-refractivity contribution is 0.241. The summed E-state index contributed by atoms with van der Waals surface area (Å²) in [7, 11) is 1.65. The highest BCUT2D eigenvalue weighted by Gasteiger charge is 2.02. The van der Waals surface area contributed by atoms with E-state index in [1.165, 1.54) is 16.5 Å². The zero-order chi connectivity index (χ0) is 17.5. The monoisotopic (exact) mass is 337 g/mol. The summed E-state index contributed by atoms with van der Waals surface area (Å²) < 4.78 is 5.13. The number of aromatic amines is 1. The smallest absolute Gasteiger partial charge is 0.314 e. The van der Waals surface area contributed by atoms with Crippen LogP contribution >= 0.6 is 0 Å². The van der Waals surface area contributed by atoms with E-state index in [0.29, 0.717) is 13.1 Å². The van der Waals surface area contributed by atoms with E-state index < -0.39 is 0 Å². The third kappa shape index (κ3) is 4.76. The molecule has 1 heterocycles. The molecule has 0 fully saturated rings. The first-order valence-corrected chi connectivity index (χ1v) is 8.45. The third-order valence-corrected chi connectivity index (χ3v) is 4.18. The van der Waals surface area contributed by atoms with E-state index in [1.807, 2.05) is 36.5 Å². The van der Waals surface area contributed by atoms with Gasteiger partial charge in [0.05, 0.1) is 7.11 Å². The Labute approximate surface area is 147 Å². The second-order valence-corrected chi connectivity index (χ2v) is 5.93. The van der Waals surface area contributed by atoms with Crippen LogP contribution < -0.4 is 15.4 Å². The molecule has 25 heavy (non-hydrogen) atoms. The Hall–Kier alpha value is -2.95. The van der Waals surface area contributed by atoms with Gasteiger partial charge in [0.15, 0.2) is 0 Å². The van der Waals surface area contributed by atoms with Gasteiger partial charge in [-0.15, -0.1) is 0 Å². The van der Waals surface area contributed by atoms with E-state index in [2.05, 4.69) is 33.8 Å². The number of carbonyl (C=O) groups is 1. The predicted molar refractivity (Wildman–Crippen MR) is 100 cm³/mol. The van der Waals surface area contributed by atoms with E-state index in [-0.39, 0.29) is 6.03 Å². The van der Waals surface area contributed by atoms with Crippen LogP contribution in [0.2, 0.25) is 0 Å². The number of fused-ring (bicyclic) bond motifs is 1. The van der Waals surface area contributed by atoms with Crippen molar-refractivity contribution in [3.63, 3.8) is 0 Å². The number of urea groups is 1. The second-order valence-electron chi connectivity index (χ2n) is 5.93. The van der Waals surface area contributed by atoms with Crippen LogP contribution in [-0.4, -0.2) is 31.2 Å². The number of rotatable bonds is 7. The summed E-state index contributed by atoms with van der Waals surface area (Å²) in [6.07, 6.45) is 3.53. The lowest BCUT2D eigenvalue weighted by Crippen LogP contribution is -2.37. The molecule has 3 N–H and O–H groups in total. The molecule has 0 saturated heterocycles. The van der Waals surface area contributed by atoms with Gasteiger partial charge in [-0.2, -0.15) is 0 Å². The van der Waals surface area contributed by atoms with Gasteiger partial charge >= 0.3 is 6.03 Å². The molecule has 0 bridgehead atoms. The minimum Gasteiger partial charge on any atom is -0.497 e. The zero-order valence-corrected chi connectivity index (χ0v) is 14.3. The van der Waals surface area contributed by atoms with Gasteiger partial charge in [0.2, 0.25) is 0 Å². The van der Waals surface area contributed by atoms with Crippen LogP contribution in [-0.2, 0) is 12.8 Å². The second kappa shape index (κ2) is 8.24. The Morgan fingerprint density at radius 3 is 2.36 bits per heavy atom. The fourth-order valence-electron chi connectivity index (χ4n) is 2.75. The molecule has 0 atom stereocenters. The maximum atomic E-state index is 11.8. The van der Waals surface area contributed by atoms with E-state index in [1.54, 1.807) is 7.11 Å². The Bertz CT molecular complexity index is 824. The highest BCUT2D eigenvalue weighted by atomic mass is 16.5. The van der Waals surface area contributed by atoms with Gasteiger partial charge in [0.25, 0.3) is 0 Å². The van der Waals surface area contributed by atoms with Crippen molar-refractivity contribution in [2.45, 2.75) is 12.8 Å². The molecule has 0 aliphatic rings. The summed E-state index contributed by atoms with van der Waals surface area (Å²) in [6, 6.07) is 16.1. The summed E-state index contributed by atoms with van der Waals surface area (Å²) >= 11 is 0. The first-order valence-electron chi connectivity index (χ1n) is 8.45. The van der Waals surface area contributed by atoms with Gasteiger partial charge in [-0.05, 0) is 53.6 Å². The van der Waals surface area contributed by atoms with Crippen molar-refractivity contribution < 1.29 is 9.53 Å². The summed E-state index contributed by atoms with van der Waals surface area (Å²) in [5, 5.41) is 6.98. The van der Waals surface area contributed by atoms with E-state index in [4.69, 9.17) is 4.74 Å². The minimum absolute atomic E-state index is 0.130. The normalized spacial score (nSPS) is 10.6. The maximum absolute atomic E-state index is 11.8. The van der Waals surface area contributed by atoms with Crippen LogP contribution in [0.3, 0.4) is 0 Å². The molecule has 130 valence electrons. The molecule has 0 aliphatic carbocycles. The Balaban J connectivity index is 1.36. The molecule has 5 heteroatoms. The Kier molecular flexibility index (Phi) is 5.57. The summed E-state index contributed by atoms with van der Waals surface area (Å²) in [5.41, 5.74) is 3.50. The molecule has 1 aromatic heterocycles. The average molecular weight is 337 g/mol. The molecule has 0 spiro atoms.